The number of nitrogens with two attached hydrogens (primary N) is 1. The lowest BCUT2D eigenvalue weighted by Gasteiger charge is -2.24. The lowest BCUT2D eigenvalue weighted by molar-refractivity contribution is 0.120. The van der Waals surface area contributed by atoms with E-state index in [1.807, 2.05) is 11.8 Å². The molecule has 4 rings (SSSR count). The van der Waals surface area contributed by atoms with E-state index >= 15 is 0 Å². The molecule has 2 N–H and O–H groups in total. The number of aromatic nitrogens is 1. The van der Waals surface area contributed by atoms with Crippen molar-refractivity contribution in [2.45, 2.75) is 18.0 Å². The average molecular weight is 478 g/mol. The van der Waals surface area contributed by atoms with Gasteiger partial charge in [-0.2, -0.15) is 13.4 Å². The maximum absolute atomic E-state index is 13.5. The van der Waals surface area contributed by atoms with Crippen LogP contribution in [0.3, 0.4) is 0 Å². The van der Waals surface area contributed by atoms with Crippen LogP contribution in [-0.2, 0) is 19.0 Å². The van der Waals surface area contributed by atoms with Crippen molar-refractivity contribution < 1.29 is 30.9 Å². The van der Waals surface area contributed by atoms with Crippen molar-refractivity contribution >= 4 is 27.2 Å². The molecule has 0 bridgehead atoms. The molecule has 1 aromatic heterocycles. The Labute approximate surface area is 190 Å². The number of nitrogens with zero attached hydrogens (tertiary/aromatic N) is 2. The normalized spacial score (nSPS) is 16.2. The third-order valence-electron chi connectivity index (χ3n) is 5.08. The molecule has 9 nitrogen and oxygen atoms in total. The van der Waals surface area contributed by atoms with Gasteiger partial charge in [0.15, 0.2) is 11.8 Å². The number of oxazole rings is 1. The van der Waals surface area contributed by atoms with E-state index in [1.165, 1.54) is 12.1 Å². The number of anilines is 1. The molecular formula is C22H24FN3O6S. The van der Waals surface area contributed by atoms with Crippen molar-refractivity contribution in [3.05, 3.63) is 59.9 Å². The Morgan fingerprint density at radius 2 is 1.97 bits per heavy atom. The second kappa shape index (κ2) is 9.87. The van der Waals surface area contributed by atoms with Gasteiger partial charge in [-0.3, -0.25) is 0 Å². The molecule has 0 saturated carbocycles. The second-order valence-electron chi connectivity index (χ2n) is 7.48. The van der Waals surface area contributed by atoms with Gasteiger partial charge >= 0.3 is 0 Å². The Bertz CT molecular complexity index is 1240. The van der Waals surface area contributed by atoms with Crippen LogP contribution in [0.15, 0.2) is 63.7 Å². The summed E-state index contributed by atoms with van der Waals surface area (Å²) in [6.45, 7) is 4.08. The van der Waals surface area contributed by atoms with Gasteiger partial charge < -0.3 is 24.5 Å². The van der Waals surface area contributed by atoms with Crippen LogP contribution < -0.4 is 15.4 Å². The molecule has 1 aliphatic heterocycles. The summed E-state index contributed by atoms with van der Waals surface area (Å²) in [4.78, 5) is 6.37. The molecule has 2 aromatic carbocycles. The lowest BCUT2D eigenvalue weighted by Crippen LogP contribution is -2.36. The first-order chi connectivity index (χ1) is 15.9. The van der Waals surface area contributed by atoms with Gasteiger partial charge in [-0.25, -0.2) is 8.57 Å². The number of aryl methyl sites for hydroxylation is 1. The third-order valence-corrected chi connectivity index (χ3v) is 6.39. The highest BCUT2D eigenvalue weighted by molar-refractivity contribution is 7.86. The van der Waals surface area contributed by atoms with Crippen molar-refractivity contribution in [3.63, 3.8) is 0 Å². The molecular weight excluding hydrogens is 453 g/mol. The Morgan fingerprint density at radius 1 is 1.24 bits per heavy atom. The van der Waals surface area contributed by atoms with Crippen LogP contribution in [0.1, 0.15) is 5.56 Å². The molecule has 176 valence electrons. The number of hydrogen-bond donors (Lipinski definition) is 1. The monoisotopic (exact) mass is 477 g/mol. The number of halogens is 1. The van der Waals surface area contributed by atoms with Gasteiger partial charge in [-0.1, -0.05) is 17.7 Å². The van der Waals surface area contributed by atoms with Gasteiger partial charge in [0, 0.05) is 24.7 Å². The van der Waals surface area contributed by atoms with Crippen LogP contribution in [0.2, 0.25) is 0 Å². The van der Waals surface area contributed by atoms with E-state index < -0.39 is 16.3 Å². The molecule has 1 unspecified atom stereocenters. The zero-order chi connectivity index (χ0) is 23.4. The van der Waals surface area contributed by atoms with E-state index in [9.17, 15) is 12.8 Å². The molecule has 1 fully saturated rings. The quantitative estimate of drug-likeness (QED) is 0.386. The fraction of sp³-hybridized carbons (Fsp3) is 0.318. The van der Waals surface area contributed by atoms with E-state index in [-0.39, 0.29) is 23.4 Å². The minimum absolute atomic E-state index is 0.0745. The summed E-state index contributed by atoms with van der Waals surface area (Å²) in [6.07, 6.45) is -1.37. The molecule has 0 spiro atoms. The van der Waals surface area contributed by atoms with E-state index in [1.54, 1.807) is 30.3 Å². The first kappa shape index (κ1) is 23.2. The van der Waals surface area contributed by atoms with Gasteiger partial charge in [-0.15, -0.1) is 0 Å². The topological polar surface area (TPSA) is 117 Å². The highest BCUT2D eigenvalue weighted by Gasteiger charge is 2.23. The maximum Gasteiger partial charge on any atom is 0.298 e. The number of fused-ring (bicyclic) bond motifs is 1. The van der Waals surface area contributed by atoms with Crippen molar-refractivity contribution in [3.8, 4) is 5.75 Å². The van der Waals surface area contributed by atoms with Gasteiger partial charge in [0.05, 0.1) is 24.4 Å². The molecule has 0 amide bonds. The summed E-state index contributed by atoms with van der Waals surface area (Å²) in [6, 6.07) is 11.5. The minimum Gasteiger partial charge on any atom is -0.489 e. The van der Waals surface area contributed by atoms with Crippen LogP contribution >= 0.6 is 0 Å². The number of morpholine rings is 1. The van der Waals surface area contributed by atoms with Crippen molar-refractivity contribution in [2.24, 2.45) is 5.73 Å². The predicted octanol–water partition coefficient (Wildman–Crippen LogP) is 2.90. The number of rotatable bonds is 8. The number of ether oxygens (including phenoxy) is 2. The highest BCUT2D eigenvalue weighted by atomic mass is 32.2. The zero-order valence-corrected chi connectivity index (χ0v) is 18.8. The third kappa shape index (κ3) is 5.50. The Morgan fingerprint density at radius 3 is 2.67 bits per heavy atom. The molecule has 1 saturated heterocycles. The predicted molar refractivity (Wildman–Crippen MR) is 119 cm³/mol. The van der Waals surface area contributed by atoms with Gasteiger partial charge in [0.2, 0.25) is 0 Å². The molecule has 2 heterocycles. The zero-order valence-electron chi connectivity index (χ0n) is 17.9. The van der Waals surface area contributed by atoms with Crippen molar-refractivity contribution in [2.75, 3.05) is 37.8 Å². The van der Waals surface area contributed by atoms with Crippen LogP contribution in [0, 0.1) is 6.92 Å². The molecule has 1 atom stereocenters. The molecule has 3 aromatic rings. The summed E-state index contributed by atoms with van der Waals surface area (Å²) in [5, 5.41) is 0. The van der Waals surface area contributed by atoms with E-state index in [0.717, 1.165) is 5.56 Å². The van der Waals surface area contributed by atoms with Gasteiger partial charge in [0.25, 0.3) is 16.1 Å². The first-order valence-electron chi connectivity index (χ1n) is 10.3. The maximum atomic E-state index is 13.5. The van der Waals surface area contributed by atoms with E-state index in [2.05, 4.69) is 4.98 Å². The molecule has 0 aliphatic carbocycles. The first-order valence-corrected chi connectivity index (χ1v) is 11.7. The van der Waals surface area contributed by atoms with Crippen molar-refractivity contribution in [1.82, 2.24) is 4.98 Å². The van der Waals surface area contributed by atoms with Crippen LogP contribution in [-0.4, -0.2) is 52.5 Å². The van der Waals surface area contributed by atoms with E-state index in [0.29, 0.717) is 49.2 Å². The summed E-state index contributed by atoms with van der Waals surface area (Å²) in [7, 11) is -4.18. The fourth-order valence-corrected chi connectivity index (χ4v) is 4.15. The molecule has 33 heavy (non-hydrogen) atoms. The average Bonchev–Trinajstić information content (AvgIpc) is 3.23. The van der Waals surface area contributed by atoms with Crippen LogP contribution in [0.25, 0.3) is 11.1 Å². The minimum atomic E-state index is -4.18. The molecule has 0 radical (unpaired) electrons. The molecule has 11 heteroatoms. The Balaban J connectivity index is 1.40. The Kier molecular flexibility index (Phi) is 6.94. The van der Waals surface area contributed by atoms with Crippen molar-refractivity contribution in [1.29, 1.82) is 0 Å². The van der Waals surface area contributed by atoms with Crippen LogP contribution in [0.5, 0.6) is 5.75 Å². The smallest absolute Gasteiger partial charge is 0.298 e. The fourth-order valence-electron chi connectivity index (χ4n) is 3.17. The largest absolute Gasteiger partial charge is 0.489 e. The molecule has 1 aliphatic rings. The van der Waals surface area contributed by atoms with E-state index in [4.69, 9.17) is 23.8 Å². The summed E-state index contributed by atoms with van der Waals surface area (Å²) in [5.74, 6) is 0.375. The highest BCUT2D eigenvalue weighted by Crippen LogP contribution is 2.27. The van der Waals surface area contributed by atoms with Gasteiger partial charge in [-0.05, 0) is 31.2 Å². The SMILES string of the molecule is Cc1ccc(S(=O)(=O)OC(N)/C(=C\F)COc2ccc3nc(N4CCOCC4)oc3c2)cc1. The second-order valence-corrected chi connectivity index (χ2v) is 9.05. The van der Waals surface area contributed by atoms with Gasteiger partial charge in [0.1, 0.15) is 17.9 Å². The summed E-state index contributed by atoms with van der Waals surface area (Å²) < 4.78 is 60.0. The Hall–Kier alpha value is -2.99. The number of hydrogen-bond acceptors (Lipinski definition) is 9. The van der Waals surface area contributed by atoms with Crippen LogP contribution in [0.4, 0.5) is 10.4 Å². The number of benzene rings is 2. The summed E-state index contributed by atoms with van der Waals surface area (Å²) in [5.41, 5.74) is 7.64. The summed E-state index contributed by atoms with van der Waals surface area (Å²) >= 11 is 0. The lowest BCUT2D eigenvalue weighted by atomic mass is 10.2. The standard InChI is InChI=1S/C22H24FN3O6S/c1-15-2-5-18(6-3-15)33(27,28)32-21(24)16(13-23)14-30-17-4-7-19-20(12-17)31-22(25-19)26-8-10-29-11-9-26/h2-7,12-13,21H,8-11,14,24H2,1H3/b16-13-.